The molecule has 1 unspecified atom stereocenters. The monoisotopic (exact) mass is 398 g/mol. The number of carbonyl (C=O) groups is 2. The number of rotatable bonds is 5. The van der Waals surface area contributed by atoms with E-state index < -0.39 is 22.7 Å². The quantitative estimate of drug-likeness (QED) is 0.571. The van der Waals surface area contributed by atoms with Crippen molar-refractivity contribution in [3.63, 3.8) is 0 Å². The third-order valence-electron chi connectivity index (χ3n) is 4.72. The molecule has 150 valence electrons. The third kappa shape index (κ3) is 4.45. The van der Waals surface area contributed by atoms with Crippen molar-refractivity contribution < 1.29 is 18.9 Å². The van der Waals surface area contributed by atoms with Crippen molar-refractivity contribution in [1.29, 1.82) is 0 Å². The van der Waals surface area contributed by atoms with E-state index in [2.05, 4.69) is 5.10 Å². The van der Waals surface area contributed by atoms with Gasteiger partial charge in [-0.1, -0.05) is 24.3 Å². The maximum atomic E-state index is 13.3. The van der Waals surface area contributed by atoms with Gasteiger partial charge in [0.15, 0.2) is 0 Å². The predicted molar refractivity (Wildman–Crippen MR) is 104 cm³/mol. The zero-order valence-corrected chi connectivity index (χ0v) is 15.9. The summed E-state index contributed by atoms with van der Waals surface area (Å²) in [6.45, 7) is 1.17. The number of likely N-dealkylation sites (N-methyl/N-ethyl adjacent to an activating group) is 1. The van der Waals surface area contributed by atoms with Crippen LogP contribution in [0.15, 0.2) is 53.6 Å². The van der Waals surface area contributed by atoms with Gasteiger partial charge < -0.3 is 4.90 Å². The molecular weight excluding hydrogens is 379 g/mol. The smallest absolute Gasteiger partial charge is 0.269 e. The molecule has 0 saturated heterocycles. The van der Waals surface area contributed by atoms with E-state index in [-0.39, 0.29) is 18.1 Å². The first-order chi connectivity index (χ1) is 13.8. The highest BCUT2D eigenvalue weighted by atomic mass is 19.1. The zero-order valence-electron chi connectivity index (χ0n) is 15.9. The molecule has 8 nitrogen and oxygen atoms in total. The molecule has 1 aliphatic rings. The van der Waals surface area contributed by atoms with Crippen molar-refractivity contribution in [3.05, 3.63) is 75.6 Å². The molecule has 0 aromatic heterocycles. The molecule has 0 aliphatic carbocycles. The Bertz CT molecular complexity index is 990. The van der Waals surface area contributed by atoms with Crippen molar-refractivity contribution in [2.45, 2.75) is 19.4 Å². The first-order valence-corrected chi connectivity index (χ1v) is 8.88. The molecule has 0 bridgehead atoms. The highest BCUT2D eigenvalue weighted by Crippen LogP contribution is 2.34. The maximum Gasteiger partial charge on any atom is 0.269 e. The lowest BCUT2D eigenvalue weighted by Gasteiger charge is -2.24. The number of nitro benzene ring substituents is 1. The van der Waals surface area contributed by atoms with Gasteiger partial charge >= 0.3 is 0 Å². The number of non-ortho nitro benzene ring substituents is 1. The van der Waals surface area contributed by atoms with Gasteiger partial charge in [-0.15, -0.1) is 0 Å². The lowest BCUT2D eigenvalue weighted by molar-refractivity contribution is -0.385. The SMILES string of the molecule is CC(=O)N(C)CC(=O)N1N=C(c2ccc(F)cc2)CC1c1cccc([N+](=O)[O-])c1. The number of amides is 2. The Labute approximate surface area is 166 Å². The molecule has 0 fully saturated rings. The number of hydrazone groups is 1. The minimum absolute atomic E-state index is 0.0917. The second-order valence-electron chi connectivity index (χ2n) is 6.74. The van der Waals surface area contributed by atoms with Crippen LogP contribution in [0.3, 0.4) is 0 Å². The summed E-state index contributed by atoms with van der Waals surface area (Å²) < 4.78 is 13.3. The van der Waals surface area contributed by atoms with Gasteiger partial charge in [0.1, 0.15) is 12.4 Å². The fourth-order valence-corrected chi connectivity index (χ4v) is 3.05. The molecular formula is C20H19FN4O4. The van der Waals surface area contributed by atoms with E-state index in [1.54, 1.807) is 24.3 Å². The average Bonchev–Trinajstić information content (AvgIpc) is 3.14. The predicted octanol–water partition coefficient (Wildman–Crippen LogP) is 2.89. The fraction of sp³-hybridized carbons (Fsp3) is 0.250. The van der Waals surface area contributed by atoms with Gasteiger partial charge in [-0.3, -0.25) is 19.7 Å². The summed E-state index contributed by atoms with van der Waals surface area (Å²) in [5, 5.41) is 16.8. The molecule has 0 N–H and O–H groups in total. The number of hydrogen-bond acceptors (Lipinski definition) is 5. The average molecular weight is 398 g/mol. The molecule has 1 atom stereocenters. The van der Waals surface area contributed by atoms with Crippen molar-refractivity contribution in [3.8, 4) is 0 Å². The van der Waals surface area contributed by atoms with E-state index in [4.69, 9.17) is 0 Å². The summed E-state index contributed by atoms with van der Waals surface area (Å²) in [4.78, 5) is 36.2. The number of benzene rings is 2. The largest absolute Gasteiger partial charge is 0.337 e. The first kappa shape index (κ1) is 20.1. The Kier molecular flexibility index (Phi) is 5.67. The van der Waals surface area contributed by atoms with Crippen LogP contribution in [-0.2, 0) is 9.59 Å². The number of carbonyl (C=O) groups excluding carboxylic acids is 2. The number of nitrogens with zero attached hydrogens (tertiary/aromatic N) is 4. The van der Waals surface area contributed by atoms with Gasteiger partial charge in [-0.25, -0.2) is 9.40 Å². The Morgan fingerprint density at radius 2 is 1.97 bits per heavy atom. The van der Waals surface area contributed by atoms with E-state index in [0.717, 1.165) is 0 Å². The summed E-state index contributed by atoms with van der Waals surface area (Å²) >= 11 is 0. The van der Waals surface area contributed by atoms with Crippen LogP contribution in [0.25, 0.3) is 0 Å². The Morgan fingerprint density at radius 1 is 1.28 bits per heavy atom. The minimum Gasteiger partial charge on any atom is -0.337 e. The first-order valence-electron chi connectivity index (χ1n) is 8.88. The Balaban J connectivity index is 1.96. The third-order valence-corrected chi connectivity index (χ3v) is 4.72. The summed E-state index contributed by atoms with van der Waals surface area (Å²) in [5.41, 5.74) is 1.67. The fourth-order valence-electron chi connectivity index (χ4n) is 3.05. The normalized spacial score (nSPS) is 15.8. The van der Waals surface area contributed by atoms with Crippen LogP contribution >= 0.6 is 0 Å². The van der Waals surface area contributed by atoms with Crippen LogP contribution in [0.5, 0.6) is 0 Å². The van der Waals surface area contributed by atoms with Crippen molar-refractivity contribution >= 4 is 23.2 Å². The summed E-state index contributed by atoms with van der Waals surface area (Å²) in [6.07, 6.45) is 0.308. The molecule has 1 heterocycles. The zero-order chi connectivity index (χ0) is 21.1. The number of halogens is 1. The standard InChI is InChI=1S/C20H19FN4O4/c1-13(26)23(2)12-20(27)24-19(15-4-3-5-17(10-15)25(28)29)11-18(22-24)14-6-8-16(21)9-7-14/h3-10,19H,11-12H2,1-2H3. The van der Waals surface area contributed by atoms with Gasteiger partial charge in [0.25, 0.3) is 11.6 Å². The van der Waals surface area contributed by atoms with E-state index in [1.807, 2.05) is 0 Å². The lowest BCUT2D eigenvalue weighted by atomic mass is 9.98. The van der Waals surface area contributed by atoms with Gasteiger partial charge in [-0.2, -0.15) is 5.10 Å². The van der Waals surface area contributed by atoms with Crippen molar-refractivity contribution in [2.24, 2.45) is 5.10 Å². The number of hydrogen-bond donors (Lipinski definition) is 0. The van der Waals surface area contributed by atoms with Gasteiger partial charge in [0.05, 0.1) is 16.7 Å². The molecule has 9 heteroatoms. The molecule has 0 radical (unpaired) electrons. The highest BCUT2D eigenvalue weighted by Gasteiger charge is 2.34. The van der Waals surface area contributed by atoms with Crippen LogP contribution in [0.1, 0.15) is 30.5 Å². The number of nitro groups is 1. The van der Waals surface area contributed by atoms with Crippen molar-refractivity contribution in [2.75, 3.05) is 13.6 Å². The Morgan fingerprint density at radius 3 is 2.59 bits per heavy atom. The van der Waals surface area contributed by atoms with Gasteiger partial charge in [-0.05, 0) is 23.3 Å². The van der Waals surface area contributed by atoms with Crippen LogP contribution < -0.4 is 0 Å². The molecule has 2 aromatic carbocycles. The molecule has 0 saturated carbocycles. The molecule has 29 heavy (non-hydrogen) atoms. The van der Waals surface area contributed by atoms with Crippen molar-refractivity contribution in [1.82, 2.24) is 9.91 Å². The van der Waals surface area contributed by atoms with Crippen LogP contribution in [-0.4, -0.2) is 46.0 Å². The minimum atomic E-state index is -0.567. The molecule has 2 aromatic rings. The molecule has 3 rings (SSSR count). The maximum absolute atomic E-state index is 13.3. The Hall–Kier alpha value is -3.62. The molecule has 2 amide bonds. The van der Waals surface area contributed by atoms with Gasteiger partial charge in [0, 0.05) is 32.5 Å². The topological polar surface area (TPSA) is 96.1 Å². The summed E-state index contributed by atoms with van der Waals surface area (Å²) in [6, 6.07) is 11.2. The highest BCUT2D eigenvalue weighted by molar-refractivity contribution is 6.03. The van der Waals surface area contributed by atoms with E-state index in [0.29, 0.717) is 23.3 Å². The summed E-state index contributed by atoms with van der Waals surface area (Å²) in [7, 11) is 1.50. The van der Waals surface area contributed by atoms with E-state index in [1.165, 1.54) is 48.1 Å². The molecule has 1 aliphatic heterocycles. The second kappa shape index (κ2) is 8.17. The summed E-state index contributed by atoms with van der Waals surface area (Å²) in [5.74, 6) is -1.08. The lowest BCUT2D eigenvalue weighted by Crippen LogP contribution is -2.38. The van der Waals surface area contributed by atoms with Crippen LogP contribution in [0, 0.1) is 15.9 Å². The van der Waals surface area contributed by atoms with E-state index in [9.17, 15) is 24.1 Å². The van der Waals surface area contributed by atoms with Crippen LogP contribution in [0.4, 0.5) is 10.1 Å². The second-order valence-corrected chi connectivity index (χ2v) is 6.74. The van der Waals surface area contributed by atoms with E-state index >= 15 is 0 Å². The van der Waals surface area contributed by atoms with Gasteiger partial charge in [0.2, 0.25) is 5.91 Å². The van der Waals surface area contributed by atoms with Crippen LogP contribution in [0.2, 0.25) is 0 Å². The molecule has 0 spiro atoms.